The second-order valence-electron chi connectivity index (χ2n) is 6.15. The van der Waals surface area contributed by atoms with Crippen LogP contribution in [0.25, 0.3) is 11.0 Å². The highest BCUT2D eigenvalue weighted by atomic mass is 35.5. The molecule has 0 amide bonds. The lowest BCUT2D eigenvalue weighted by molar-refractivity contribution is 0.211. The summed E-state index contributed by atoms with van der Waals surface area (Å²) in [5.74, 6) is 1.10. The van der Waals surface area contributed by atoms with Crippen molar-refractivity contribution < 1.29 is 4.39 Å². The third kappa shape index (κ3) is 2.79. The Kier molecular flexibility index (Phi) is 4.31. The molecule has 0 aliphatic heterocycles. The molecule has 1 heterocycles. The summed E-state index contributed by atoms with van der Waals surface area (Å²) in [6.45, 7) is 9.47. The monoisotopic (exact) mass is 316 g/mol. The van der Waals surface area contributed by atoms with Crippen LogP contribution in [0.4, 0.5) is 4.39 Å². The fraction of sp³-hybridized carbons (Fsp3) is 0.533. The Morgan fingerprint density at radius 1 is 1.35 bits per heavy atom. The maximum Gasteiger partial charge on any atom is 0.144 e. The van der Waals surface area contributed by atoms with Gasteiger partial charge in [0.1, 0.15) is 11.6 Å². The van der Waals surface area contributed by atoms with Crippen LogP contribution in [0.3, 0.4) is 0 Å². The summed E-state index contributed by atoms with van der Waals surface area (Å²) in [5.41, 5.74) is 1.49. The Morgan fingerprint density at radius 3 is 2.55 bits per heavy atom. The van der Waals surface area contributed by atoms with Crippen molar-refractivity contribution in [3.63, 3.8) is 0 Å². The van der Waals surface area contributed by atoms with Gasteiger partial charge in [-0.15, -0.1) is 11.6 Å². The molecule has 1 aromatic carbocycles. The van der Waals surface area contributed by atoms with Gasteiger partial charge >= 0.3 is 0 Å². The van der Waals surface area contributed by atoms with E-state index in [9.17, 15) is 4.39 Å². The standard InChI is InChI=1S/C15H19Cl2FN2/c1-9(2)15(3,4)8-20-13-6-11(18)10(17)5-12(13)19-14(20)7-16/h5-6,9H,7-8H2,1-4H3. The Morgan fingerprint density at radius 2 is 2.00 bits per heavy atom. The fourth-order valence-corrected chi connectivity index (χ4v) is 2.40. The average Bonchev–Trinajstić information content (AvgIpc) is 2.67. The maximum absolute atomic E-state index is 13.7. The Bertz CT molecular complexity index is 632. The molecule has 0 spiro atoms. The molecule has 0 saturated carbocycles. The van der Waals surface area contributed by atoms with E-state index in [0.717, 1.165) is 17.9 Å². The summed E-state index contributed by atoms with van der Waals surface area (Å²) < 4.78 is 15.7. The van der Waals surface area contributed by atoms with Crippen molar-refractivity contribution in [3.05, 3.63) is 28.8 Å². The normalized spacial score (nSPS) is 12.6. The molecule has 110 valence electrons. The molecule has 0 bridgehead atoms. The number of nitrogens with zero attached hydrogens (tertiary/aromatic N) is 2. The van der Waals surface area contributed by atoms with Crippen molar-refractivity contribution >= 4 is 34.2 Å². The quantitative estimate of drug-likeness (QED) is 0.704. The highest BCUT2D eigenvalue weighted by Crippen LogP contribution is 2.32. The summed E-state index contributed by atoms with van der Waals surface area (Å²) in [7, 11) is 0. The molecule has 5 heteroatoms. The van der Waals surface area contributed by atoms with Crippen LogP contribution in [0.5, 0.6) is 0 Å². The van der Waals surface area contributed by atoms with Crippen LogP contribution >= 0.6 is 23.2 Å². The summed E-state index contributed by atoms with van der Waals surface area (Å²) in [6.07, 6.45) is 0. The van der Waals surface area contributed by atoms with Gasteiger partial charge in [0.2, 0.25) is 0 Å². The van der Waals surface area contributed by atoms with Crippen molar-refractivity contribution in [2.24, 2.45) is 11.3 Å². The van der Waals surface area contributed by atoms with Gasteiger partial charge in [0.05, 0.1) is 21.9 Å². The van der Waals surface area contributed by atoms with E-state index >= 15 is 0 Å². The van der Waals surface area contributed by atoms with Crippen LogP contribution in [0, 0.1) is 17.2 Å². The fourth-order valence-electron chi connectivity index (χ4n) is 2.04. The molecule has 0 atom stereocenters. The van der Waals surface area contributed by atoms with E-state index in [-0.39, 0.29) is 10.4 Å². The Labute approximate surface area is 128 Å². The summed E-state index contributed by atoms with van der Waals surface area (Å²) in [5, 5.41) is 0.0893. The molecule has 20 heavy (non-hydrogen) atoms. The van der Waals surface area contributed by atoms with Gasteiger partial charge in [-0.25, -0.2) is 9.37 Å². The number of fused-ring (bicyclic) bond motifs is 1. The minimum absolute atomic E-state index is 0.0601. The van der Waals surface area contributed by atoms with Crippen LogP contribution in [0.1, 0.15) is 33.5 Å². The SMILES string of the molecule is CC(C)C(C)(C)Cn1c(CCl)nc2cc(Cl)c(F)cc21. The number of hydrogen-bond acceptors (Lipinski definition) is 1. The van der Waals surface area contributed by atoms with E-state index in [1.807, 2.05) is 4.57 Å². The van der Waals surface area contributed by atoms with Crippen LogP contribution < -0.4 is 0 Å². The molecule has 0 N–H and O–H groups in total. The van der Waals surface area contributed by atoms with E-state index in [1.165, 1.54) is 6.07 Å². The van der Waals surface area contributed by atoms with Crippen molar-refractivity contribution in [1.82, 2.24) is 9.55 Å². The van der Waals surface area contributed by atoms with Gasteiger partial charge in [-0.05, 0) is 17.4 Å². The summed E-state index contributed by atoms with van der Waals surface area (Å²) in [4.78, 5) is 4.46. The van der Waals surface area contributed by atoms with Crippen molar-refractivity contribution in [1.29, 1.82) is 0 Å². The number of hydrogen-bond donors (Lipinski definition) is 0. The third-order valence-corrected chi connectivity index (χ3v) is 4.65. The number of imidazole rings is 1. The predicted octanol–water partition coefficient (Wildman–Crippen LogP) is 5.25. The number of rotatable bonds is 4. The Hall–Kier alpha value is -0.800. The molecule has 2 nitrogen and oxygen atoms in total. The predicted molar refractivity (Wildman–Crippen MR) is 82.9 cm³/mol. The highest BCUT2D eigenvalue weighted by Gasteiger charge is 2.25. The molecule has 0 saturated heterocycles. The maximum atomic E-state index is 13.7. The molecule has 2 rings (SSSR count). The molecule has 1 aromatic heterocycles. The minimum atomic E-state index is -0.427. The van der Waals surface area contributed by atoms with Gasteiger partial charge < -0.3 is 4.57 Å². The second-order valence-corrected chi connectivity index (χ2v) is 6.82. The zero-order valence-electron chi connectivity index (χ0n) is 12.2. The van der Waals surface area contributed by atoms with Crippen LogP contribution in [-0.2, 0) is 12.4 Å². The Balaban J connectivity index is 2.59. The second kappa shape index (κ2) is 5.53. The zero-order chi connectivity index (χ0) is 15.1. The summed E-state index contributed by atoms with van der Waals surface area (Å²) >= 11 is 11.8. The lowest BCUT2D eigenvalue weighted by Crippen LogP contribution is -2.26. The third-order valence-electron chi connectivity index (χ3n) is 4.12. The van der Waals surface area contributed by atoms with Gasteiger partial charge in [0.25, 0.3) is 0 Å². The van der Waals surface area contributed by atoms with Crippen LogP contribution in [-0.4, -0.2) is 9.55 Å². The van der Waals surface area contributed by atoms with Gasteiger partial charge in [0.15, 0.2) is 0 Å². The molecule has 0 aliphatic carbocycles. The first-order chi connectivity index (χ1) is 9.26. The first-order valence-corrected chi connectivity index (χ1v) is 7.57. The zero-order valence-corrected chi connectivity index (χ0v) is 13.7. The number of halogens is 3. The lowest BCUT2D eigenvalue weighted by Gasteiger charge is -2.30. The van der Waals surface area contributed by atoms with Crippen LogP contribution in [0.2, 0.25) is 5.02 Å². The van der Waals surface area contributed by atoms with Gasteiger partial charge in [-0.1, -0.05) is 39.3 Å². The lowest BCUT2D eigenvalue weighted by atomic mass is 9.81. The first kappa shape index (κ1) is 15.6. The smallest absolute Gasteiger partial charge is 0.144 e. The van der Waals surface area contributed by atoms with Crippen LogP contribution in [0.15, 0.2) is 12.1 Å². The van der Waals surface area contributed by atoms with E-state index in [1.54, 1.807) is 6.07 Å². The van der Waals surface area contributed by atoms with Gasteiger partial charge in [-0.2, -0.15) is 0 Å². The largest absolute Gasteiger partial charge is 0.326 e. The van der Waals surface area contributed by atoms with Gasteiger partial charge in [0, 0.05) is 12.6 Å². The molecule has 0 fully saturated rings. The molecule has 2 aromatic rings. The topological polar surface area (TPSA) is 17.8 Å². The van der Waals surface area contributed by atoms with Gasteiger partial charge in [-0.3, -0.25) is 0 Å². The van der Waals surface area contributed by atoms with E-state index in [4.69, 9.17) is 23.2 Å². The minimum Gasteiger partial charge on any atom is -0.326 e. The molecular formula is C15H19Cl2FN2. The van der Waals surface area contributed by atoms with E-state index < -0.39 is 5.82 Å². The molecule has 0 aliphatic rings. The van der Waals surface area contributed by atoms with Crippen molar-refractivity contribution in [3.8, 4) is 0 Å². The first-order valence-electron chi connectivity index (χ1n) is 6.66. The number of alkyl halides is 1. The summed E-state index contributed by atoms with van der Waals surface area (Å²) in [6, 6.07) is 3.00. The van der Waals surface area contributed by atoms with Crippen molar-refractivity contribution in [2.75, 3.05) is 0 Å². The van der Waals surface area contributed by atoms with E-state index in [0.29, 0.717) is 17.3 Å². The molecular weight excluding hydrogens is 298 g/mol. The number of aromatic nitrogens is 2. The average molecular weight is 317 g/mol. The van der Waals surface area contributed by atoms with E-state index in [2.05, 4.69) is 32.7 Å². The molecule has 0 radical (unpaired) electrons. The molecule has 0 unspecified atom stereocenters. The highest BCUT2D eigenvalue weighted by molar-refractivity contribution is 6.31. The van der Waals surface area contributed by atoms with Crippen molar-refractivity contribution in [2.45, 2.75) is 40.1 Å². The number of benzene rings is 1.